The van der Waals surface area contributed by atoms with Gasteiger partial charge >= 0.3 is 0 Å². The van der Waals surface area contributed by atoms with Crippen LogP contribution in [0.1, 0.15) is 38.6 Å². The number of nitrogens with zero attached hydrogens (tertiary/aromatic N) is 1. The molecule has 1 fully saturated rings. The zero-order valence-electron chi connectivity index (χ0n) is 11.7. The number of piperidine rings is 1. The number of aromatic nitrogens is 1. The first-order chi connectivity index (χ1) is 8.87. The zero-order chi connectivity index (χ0) is 14.4. The van der Waals surface area contributed by atoms with Crippen LogP contribution in [0.4, 0.5) is 0 Å². The number of aliphatic hydroxyl groups is 1. The summed E-state index contributed by atoms with van der Waals surface area (Å²) in [7, 11) is 0. The average molecular weight is 286 g/mol. The van der Waals surface area contributed by atoms with Gasteiger partial charge in [-0.15, -0.1) is 11.3 Å². The quantitative estimate of drug-likeness (QED) is 0.809. The van der Waals surface area contributed by atoms with E-state index in [-0.39, 0.29) is 5.60 Å². The van der Waals surface area contributed by atoms with Gasteiger partial charge in [0.05, 0.1) is 0 Å². The molecule has 1 aromatic heterocycles. The van der Waals surface area contributed by atoms with Crippen molar-refractivity contribution in [2.45, 2.75) is 44.8 Å². The average Bonchev–Trinajstić information content (AvgIpc) is 2.83. The summed E-state index contributed by atoms with van der Waals surface area (Å²) < 4.78 is 4.55. The Kier molecular flexibility index (Phi) is 5.90. The molecule has 1 aliphatic rings. The Morgan fingerprint density at radius 3 is 2.47 bits per heavy atom. The topological polar surface area (TPSA) is 71.5 Å². The van der Waals surface area contributed by atoms with Gasteiger partial charge in [-0.2, -0.15) is 0 Å². The molecular formula is C13H22N2O3S. The SMILES string of the molecule is CC(C)(C)OC=O.OC1(c2nccs2)CCNCC1. The molecule has 0 spiro atoms. The van der Waals surface area contributed by atoms with Crippen molar-refractivity contribution in [3.05, 3.63) is 16.6 Å². The molecule has 0 bridgehead atoms. The lowest BCUT2D eigenvalue weighted by Gasteiger charge is -2.30. The monoisotopic (exact) mass is 286 g/mol. The maximum atomic E-state index is 10.1. The highest BCUT2D eigenvalue weighted by Gasteiger charge is 2.33. The summed E-state index contributed by atoms with van der Waals surface area (Å²) in [4.78, 5) is 13.8. The molecule has 5 nitrogen and oxygen atoms in total. The Labute approximate surface area is 118 Å². The molecule has 0 saturated carbocycles. The number of rotatable bonds is 2. The minimum absolute atomic E-state index is 0.318. The first kappa shape index (κ1) is 16.1. The lowest BCUT2D eigenvalue weighted by molar-refractivity contribution is -0.138. The zero-order valence-corrected chi connectivity index (χ0v) is 12.5. The van der Waals surface area contributed by atoms with E-state index in [2.05, 4.69) is 15.0 Å². The number of thiazole rings is 1. The van der Waals surface area contributed by atoms with Crippen LogP contribution in [0.25, 0.3) is 0 Å². The van der Waals surface area contributed by atoms with Gasteiger partial charge in [-0.1, -0.05) is 0 Å². The van der Waals surface area contributed by atoms with Gasteiger partial charge in [0.25, 0.3) is 6.47 Å². The fraction of sp³-hybridized carbons (Fsp3) is 0.692. The van der Waals surface area contributed by atoms with E-state index in [1.165, 1.54) is 11.3 Å². The molecule has 0 radical (unpaired) electrons. The van der Waals surface area contributed by atoms with E-state index in [0.29, 0.717) is 6.47 Å². The molecule has 0 aromatic carbocycles. The largest absolute Gasteiger partial charge is 0.462 e. The molecule has 19 heavy (non-hydrogen) atoms. The molecule has 1 aliphatic heterocycles. The summed E-state index contributed by atoms with van der Waals surface area (Å²) in [6, 6.07) is 0. The molecule has 108 valence electrons. The minimum atomic E-state index is -0.653. The van der Waals surface area contributed by atoms with Gasteiger partial charge in [0.2, 0.25) is 0 Å². The highest BCUT2D eigenvalue weighted by molar-refractivity contribution is 7.09. The van der Waals surface area contributed by atoms with Crippen molar-refractivity contribution in [3.8, 4) is 0 Å². The van der Waals surface area contributed by atoms with Crippen LogP contribution in [-0.4, -0.2) is 35.3 Å². The Hall–Kier alpha value is -0.980. The highest BCUT2D eigenvalue weighted by atomic mass is 32.1. The van der Waals surface area contributed by atoms with E-state index in [0.717, 1.165) is 30.9 Å². The maximum Gasteiger partial charge on any atom is 0.293 e. The van der Waals surface area contributed by atoms with E-state index in [1.807, 2.05) is 26.2 Å². The second kappa shape index (κ2) is 6.98. The van der Waals surface area contributed by atoms with Crippen molar-refractivity contribution >= 4 is 17.8 Å². The van der Waals surface area contributed by atoms with E-state index in [9.17, 15) is 9.90 Å². The Morgan fingerprint density at radius 2 is 2.11 bits per heavy atom. The predicted molar refractivity (Wildman–Crippen MR) is 75.0 cm³/mol. The van der Waals surface area contributed by atoms with Gasteiger partial charge in [0, 0.05) is 11.6 Å². The van der Waals surface area contributed by atoms with Crippen molar-refractivity contribution < 1.29 is 14.6 Å². The summed E-state index contributed by atoms with van der Waals surface area (Å²) in [6.45, 7) is 7.69. The fourth-order valence-corrected chi connectivity index (χ4v) is 2.45. The smallest absolute Gasteiger partial charge is 0.293 e. The lowest BCUT2D eigenvalue weighted by Crippen LogP contribution is -2.39. The predicted octanol–water partition coefficient (Wildman–Crippen LogP) is 1.67. The van der Waals surface area contributed by atoms with Crippen LogP contribution < -0.4 is 5.32 Å². The third kappa shape index (κ3) is 5.67. The number of nitrogens with one attached hydrogen (secondary N) is 1. The van der Waals surface area contributed by atoms with Crippen LogP contribution in [0.5, 0.6) is 0 Å². The lowest BCUT2D eigenvalue weighted by atomic mass is 9.93. The van der Waals surface area contributed by atoms with Crippen LogP contribution in [0.3, 0.4) is 0 Å². The summed E-state index contributed by atoms with van der Waals surface area (Å²) in [5.74, 6) is 0. The van der Waals surface area contributed by atoms with Gasteiger partial charge in [-0.25, -0.2) is 4.98 Å². The summed E-state index contributed by atoms with van der Waals surface area (Å²) in [5.41, 5.74) is -0.971. The van der Waals surface area contributed by atoms with Crippen molar-refractivity contribution in [2.75, 3.05) is 13.1 Å². The number of ether oxygens (including phenoxy) is 1. The van der Waals surface area contributed by atoms with E-state index < -0.39 is 5.60 Å². The Balaban J connectivity index is 0.000000224. The standard InChI is InChI=1S/C8H12N2OS.C5H10O2/c11-8(1-3-9-4-2-8)7-10-5-6-12-7;1-5(2,3)7-4-6/h5-6,9,11H,1-4H2;4H,1-3H3. The normalized spacial score (nSPS) is 18.1. The first-order valence-electron chi connectivity index (χ1n) is 6.32. The molecule has 1 aromatic rings. The minimum Gasteiger partial charge on any atom is -0.462 e. The number of carbonyl (C=O) groups is 1. The third-order valence-electron chi connectivity index (χ3n) is 2.66. The second-order valence-corrected chi connectivity index (χ2v) is 6.34. The van der Waals surface area contributed by atoms with Gasteiger partial charge < -0.3 is 15.2 Å². The van der Waals surface area contributed by atoms with E-state index >= 15 is 0 Å². The van der Waals surface area contributed by atoms with Crippen LogP contribution in [0.15, 0.2) is 11.6 Å². The second-order valence-electron chi connectivity index (χ2n) is 5.45. The molecule has 1 saturated heterocycles. The molecule has 6 heteroatoms. The van der Waals surface area contributed by atoms with Crippen LogP contribution in [-0.2, 0) is 15.1 Å². The Bertz CT molecular complexity index is 368. The van der Waals surface area contributed by atoms with Gasteiger partial charge in [-0.05, 0) is 46.7 Å². The molecule has 2 heterocycles. The van der Waals surface area contributed by atoms with Crippen LogP contribution in [0.2, 0.25) is 0 Å². The molecular weight excluding hydrogens is 264 g/mol. The van der Waals surface area contributed by atoms with Crippen molar-refractivity contribution in [3.63, 3.8) is 0 Å². The van der Waals surface area contributed by atoms with Gasteiger partial charge in [-0.3, -0.25) is 4.79 Å². The first-order valence-corrected chi connectivity index (χ1v) is 7.20. The van der Waals surface area contributed by atoms with Gasteiger partial charge in [0.1, 0.15) is 16.2 Å². The molecule has 2 rings (SSSR count). The third-order valence-corrected chi connectivity index (χ3v) is 3.63. The number of carbonyl (C=O) groups excluding carboxylic acids is 1. The summed E-state index contributed by atoms with van der Waals surface area (Å²) in [5, 5.41) is 16.1. The van der Waals surface area contributed by atoms with E-state index in [4.69, 9.17) is 0 Å². The molecule has 2 N–H and O–H groups in total. The number of hydrogen-bond donors (Lipinski definition) is 2. The van der Waals surface area contributed by atoms with Crippen LogP contribution in [0, 0.1) is 0 Å². The molecule has 0 amide bonds. The maximum absolute atomic E-state index is 10.1. The van der Waals surface area contributed by atoms with Crippen molar-refractivity contribution in [1.29, 1.82) is 0 Å². The molecule has 0 atom stereocenters. The fourth-order valence-electron chi connectivity index (χ4n) is 1.65. The van der Waals surface area contributed by atoms with E-state index in [1.54, 1.807) is 6.20 Å². The summed E-state index contributed by atoms with van der Waals surface area (Å²) >= 11 is 1.54. The van der Waals surface area contributed by atoms with Crippen molar-refractivity contribution in [2.24, 2.45) is 0 Å². The number of hydrogen-bond acceptors (Lipinski definition) is 6. The molecule has 0 unspecified atom stereocenters. The van der Waals surface area contributed by atoms with Crippen LogP contribution >= 0.6 is 11.3 Å². The van der Waals surface area contributed by atoms with Crippen molar-refractivity contribution in [1.82, 2.24) is 10.3 Å². The highest BCUT2D eigenvalue weighted by Crippen LogP contribution is 2.31. The molecule has 0 aliphatic carbocycles. The Morgan fingerprint density at radius 1 is 1.47 bits per heavy atom. The summed E-state index contributed by atoms with van der Waals surface area (Å²) in [6.07, 6.45) is 3.31. The van der Waals surface area contributed by atoms with Gasteiger partial charge in [0.15, 0.2) is 0 Å².